The van der Waals surface area contributed by atoms with Crippen molar-refractivity contribution in [3.63, 3.8) is 0 Å². The number of hydrogen-bond donors (Lipinski definition) is 1. The normalized spacial score (nSPS) is 11.9. The molecule has 2 aromatic heterocycles. The van der Waals surface area contributed by atoms with Crippen LogP contribution in [-0.4, -0.2) is 15.1 Å². The molecule has 4 aromatic rings. The van der Waals surface area contributed by atoms with Crippen LogP contribution in [0, 0.1) is 0 Å². The van der Waals surface area contributed by atoms with Crippen molar-refractivity contribution >= 4 is 10.9 Å². The molecule has 1 aliphatic rings. The van der Waals surface area contributed by atoms with E-state index in [0.29, 0.717) is 5.88 Å². The standard InChI is InChI=1S/C21H14N2O2/c24-12-13-6-8-15(9-7-13)19-17(14-4-2-1-3-5-14)20-18-16(23-19)10-11-22-21(18)25-20/h1-11,24H,12H2. The topological polar surface area (TPSA) is 55.2 Å². The number of pyridine rings is 2. The quantitative estimate of drug-likeness (QED) is 0.528. The fourth-order valence-corrected chi connectivity index (χ4v) is 3.23. The summed E-state index contributed by atoms with van der Waals surface area (Å²) >= 11 is 0. The summed E-state index contributed by atoms with van der Waals surface area (Å²) in [6, 6.07) is 19.8. The van der Waals surface area contributed by atoms with E-state index in [1.54, 1.807) is 6.20 Å². The Hall–Kier alpha value is -3.24. The molecule has 0 unspecified atom stereocenters. The molecule has 0 radical (unpaired) electrons. The molecule has 0 spiro atoms. The highest BCUT2D eigenvalue weighted by molar-refractivity contribution is 6.04. The number of ether oxygens (including phenoxy) is 1. The molecule has 0 atom stereocenters. The van der Waals surface area contributed by atoms with Crippen molar-refractivity contribution in [1.82, 2.24) is 9.97 Å². The van der Waals surface area contributed by atoms with E-state index in [0.717, 1.165) is 44.6 Å². The Balaban J connectivity index is 1.82. The minimum absolute atomic E-state index is 0.0281. The second-order valence-corrected chi connectivity index (χ2v) is 6.00. The third-order valence-corrected chi connectivity index (χ3v) is 4.49. The van der Waals surface area contributed by atoms with E-state index in [-0.39, 0.29) is 6.61 Å². The van der Waals surface area contributed by atoms with Crippen LogP contribution in [-0.2, 0) is 6.61 Å². The zero-order valence-electron chi connectivity index (χ0n) is 13.3. The summed E-state index contributed by atoms with van der Waals surface area (Å²) < 4.78 is 5.88. The van der Waals surface area contributed by atoms with Crippen LogP contribution < -0.4 is 4.74 Å². The Kier molecular flexibility index (Phi) is 3.05. The molecule has 0 aliphatic carbocycles. The van der Waals surface area contributed by atoms with Crippen molar-refractivity contribution in [2.45, 2.75) is 6.61 Å². The van der Waals surface area contributed by atoms with Crippen molar-refractivity contribution in [2.75, 3.05) is 0 Å². The minimum atomic E-state index is 0.0281. The number of aliphatic hydroxyl groups excluding tert-OH is 1. The van der Waals surface area contributed by atoms with Crippen LogP contribution in [0.5, 0.6) is 11.6 Å². The number of benzene rings is 2. The summed E-state index contributed by atoms with van der Waals surface area (Å²) in [5, 5.41) is 10.3. The lowest BCUT2D eigenvalue weighted by molar-refractivity contribution is 0.282. The molecule has 0 bridgehead atoms. The third-order valence-electron chi connectivity index (χ3n) is 4.49. The van der Waals surface area contributed by atoms with Gasteiger partial charge in [0, 0.05) is 11.8 Å². The van der Waals surface area contributed by atoms with Crippen LogP contribution in [0.15, 0.2) is 66.9 Å². The first-order chi connectivity index (χ1) is 12.3. The van der Waals surface area contributed by atoms with Gasteiger partial charge in [0.1, 0.15) is 5.39 Å². The lowest BCUT2D eigenvalue weighted by Gasteiger charge is -2.24. The van der Waals surface area contributed by atoms with Crippen LogP contribution in [0.1, 0.15) is 5.56 Å². The Morgan fingerprint density at radius 2 is 1.68 bits per heavy atom. The predicted molar refractivity (Wildman–Crippen MR) is 96.4 cm³/mol. The molecular weight excluding hydrogens is 312 g/mol. The lowest BCUT2D eigenvalue weighted by Crippen LogP contribution is -2.05. The maximum absolute atomic E-state index is 9.28. The molecule has 25 heavy (non-hydrogen) atoms. The highest BCUT2D eigenvalue weighted by atomic mass is 16.5. The van der Waals surface area contributed by atoms with E-state index in [4.69, 9.17) is 9.72 Å². The fourth-order valence-electron chi connectivity index (χ4n) is 3.23. The number of aromatic nitrogens is 2. The fraction of sp³-hybridized carbons (Fsp3) is 0.0476. The molecule has 0 fully saturated rings. The number of aliphatic hydroxyl groups is 1. The summed E-state index contributed by atoms with van der Waals surface area (Å²) in [5.41, 5.74) is 5.65. The van der Waals surface area contributed by atoms with E-state index < -0.39 is 0 Å². The highest BCUT2D eigenvalue weighted by Gasteiger charge is 2.29. The Morgan fingerprint density at radius 1 is 0.880 bits per heavy atom. The molecule has 4 heteroatoms. The monoisotopic (exact) mass is 326 g/mol. The van der Waals surface area contributed by atoms with Crippen LogP contribution in [0.2, 0.25) is 0 Å². The van der Waals surface area contributed by atoms with Crippen LogP contribution in [0.4, 0.5) is 0 Å². The van der Waals surface area contributed by atoms with E-state index in [1.807, 2.05) is 48.5 Å². The lowest BCUT2D eigenvalue weighted by atomic mass is 9.94. The number of rotatable bonds is 3. The van der Waals surface area contributed by atoms with Gasteiger partial charge in [-0.15, -0.1) is 0 Å². The van der Waals surface area contributed by atoms with Gasteiger partial charge >= 0.3 is 0 Å². The molecule has 1 N–H and O–H groups in total. The molecular formula is C21H14N2O2. The van der Waals surface area contributed by atoms with Crippen molar-refractivity contribution < 1.29 is 9.84 Å². The largest absolute Gasteiger partial charge is 0.436 e. The zero-order valence-corrected chi connectivity index (χ0v) is 13.3. The molecule has 2 aromatic carbocycles. The average Bonchev–Trinajstić information content (AvgIpc) is 2.66. The van der Waals surface area contributed by atoms with Crippen LogP contribution >= 0.6 is 0 Å². The van der Waals surface area contributed by atoms with Gasteiger partial charge in [-0.2, -0.15) is 0 Å². The van der Waals surface area contributed by atoms with Gasteiger partial charge < -0.3 is 9.84 Å². The van der Waals surface area contributed by atoms with Crippen LogP contribution in [0.25, 0.3) is 33.3 Å². The minimum Gasteiger partial charge on any atom is -0.436 e. The molecule has 4 nitrogen and oxygen atoms in total. The first-order valence-corrected chi connectivity index (χ1v) is 8.11. The van der Waals surface area contributed by atoms with E-state index in [9.17, 15) is 5.11 Å². The summed E-state index contributed by atoms with van der Waals surface area (Å²) in [6.07, 6.45) is 1.72. The van der Waals surface area contributed by atoms with Gasteiger partial charge in [-0.05, 0) is 17.2 Å². The van der Waals surface area contributed by atoms with Gasteiger partial charge in [0.05, 0.1) is 23.4 Å². The van der Waals surface area contributed by atoms with Gasteiger partial charge in [0.15, 0.2) is 5.75 Å². The second kappa shape index (κ2) is 5.40. The maximum Gasteiger partial charge on any atom is 0.232 e. The van der Waals surface area contributed by atoms with Gasteiger partial charge in [0.2, 0.25) is 5.88 Å². The van der Waals surface area contributed by atoms with Crippen molar-refractivity contribution in [1.29, 1.82) is 0 Å². The second-order valence-electron chi connectivity index (χ2n) is 6.00. The first kappa shape index (κ1) is 14.1. The smallest absolute Gasteiger partial charge is 0.232 e. The number of nitrogens with zero attached hydrogens (tertiary/aromatic N) is 2. The number of hydrogen-bond acceptors (Lipinski definition) is 4. The Bertz CT molecular complexity index is 1090. The molecule has 1 aliphatic heterocycles. The van der Waals surface area contributed by atoms with Crippen molar-refractivity contribution in [2.24, 2.45) is 0 Å². The zero-order chi connectivity index (χ0) is 16.8. The van der Waals surface area contributed by atoms with Crippen LogP contribution in [0.3, 0.4) is 0 Å². The van der Waals surface area contributed by atoms with E-state index >= 15 is 0 Å². The average molecular weight is 326 g/mol. The highest BCUT2D eigenvalue weighted by Crippen LogP contribution is 2.52. The molecule has 0 amide bonds. The molecule has 120 valence electrons. The van der Waals surface area contributed by atoms with E-state index in [2.05, 4.69) is 17.1 Å². The SMILES string of the molecule is OCc1ccc(-c2nc3ccnc4c3c(c2-c2ccccc2)O4)cc1. The van der Waals surface area contributed by atoms with Gasteiger partial charge in [-0.25, -0.2) is 9.97 Å². The molecule has 0 saturated heterocycles. The van der Waals surface area contributed by atoms with Crippen molar-refractivity contribution in [3.05, 3.63) is 72.4 Å². The summed E-state index contributed by atoms with van der Waals surface area (Å²) in [6.45, 7) is 0.0281. The Labute approximate surface area is 144 Å². The first-order valence-electron chi connectivity index (χ1n) is 8.11. The van der Waals surface area contributed by atoms with E-state index in [1.165, 1.54) is 0 Å². The molecule has 0 saturated carbocycles. The Morgan fingerprint density at radius 3 is 2.44 bits per heavy atom. The van der Waals surface area contributed by atoms with Gasteiger partial charge in [-0.3, -0.25) is 0 Å². The summed E-state index contributed by atoms with van der Waals surface area (Å²) in [4.78, 5) is 9.15. The maximum atomic E-state index is 9.28. The van der Waals surface area contributed by atoms with Crippen molar-refractivity contribution in [3.8, 4) is 34.0 Å². The summed E-state index contributed by atoms with van der Waals surface area (Å²) in [5.74, 6) is 1.47. The molecule has 5 rings (SSSR count). The third kappa shape index (κ3) is 2.12. The summed E-state index contributed by atoms with van der Waals surface area (Å²) in [7, 11) is 0. The predicted octanol–water partition coefficient (Wildman–Crippen LogP) is 4.56. The molecule has 3 heterocycles. The van der Waals surface area contributed by atoms with Gasteiger partial charge in [-0.1, -0.05) is 54.6 Å². The van der Waals surface area contributed by atoms with Gasteiger partial charge in [0.25, 0.3) is 0 Å².